The molecule has 0 N–H and O–H groups in total. The fraction of sp³-hybridized carbons (Fsp3) is 0.455. The van der Waals surface area contributed by atoms with Crippen LogP contribution in [0.25, 0.3) is 0 Å². The van der Waals surface area contributed by atoms with E-state index in [0.29, 0.717) is 6.42 Å². The van der Waals surface area contributed by atoms with E-state index in [2.05, 4.69) is 11.1 Å². The number of rotatable bonds is 2. The molecule has 0 amide bonds. The second-order valence-corrected chi connectivity index (χ2v) is 4.03. The van der Waals surface area contributed by atoms with Crippen LogP contribution >= 0.6 is 0 Å². The van der Waals surface area contributed by atoms with E-state index >= 15 is 0 Å². The van der Waals surface area contributed by atoms with E-state index in [-0.39, 0.29) is 5.60 Å². The summed E-state index contributed by atoms with van der Waals surface area (Å²) in [4.78, 5) is 4.06. The summed E-state index contributed by atoms with van der Waals surface area (Å²) in [7, 11) is 0. The van der Waals surface area contributed by atoms with Gasteiger partial charge in [-0.3, -0.25) is 4.98 Å². The van der Waals surface area contributed by atoms with Crippen molar-refractivity contribution in [2.45, 2.75) is 32.8 Å². The highest BCUT2D eigenvalue weighted by atomic mass is 16.5. The molecule has 0 fully saturated rings. The van der Waals surface area contributed by atoms with Gasteiger partial charge < -0.3 is 4.74 Å². The second-order valence-electron chi connectivity index (χ2n) is 4.03. The SMILES string of the molecule is CC(C)(C)Oc1ccnc(CC#N)c1. The molecule has 0 aliphatic heterocycles. The number of hydrogen-bond acceptors (Lipinski definition) is 3. The molecule has 74 valence electrons. The molecule has 0 unspecified atom stereocenters. The van der Waals surface area contributed by atoms with Crippen LogP contribution in [0.3, 0.4) is 0 Å². The summed E-state index contributed by atoms with van der Waals surface area (Å²) < 4.78 is 5.64. The van der Waals surface area contributed by atoms with Crippen LogP contribution < -0.4 is 4.74 Å². The van der Waals surface area contributed by atoms with Crippen LogP contribution in [-0.2, 0) is 6.42 Å². The summed E-state index contributed by atoms with van der Waals surface area (Å²) >= 11 is 0. The maximum Gasteiger partial charge on any atom is 0.123 e. The average Bonchev–Trinajstić information content (AvgIpc) is 2.02. The number of nitriles is 1. The Morgan fingerprint density at radius 1 is 1.50 bits per heavy atom. The number of ether oxygens (including phenoxy) is 1. The van der Waals surface area contributed by atoms with Crippen molar-refractivity contribution >= 4 is 0 Å². The first kappa shape index (κ1) is 10.5. The van der Waals surface area contributed by atoms with E-state index in [1.54, 1.807) is 18.3 Å². The van der Waals surface area contributed by atoms with Gasteiger partial charge in [0, 0.05) is 12.3 Å². The van der Waals surface area contributed by atoms with Crippen LogP contribution in [0.4, 0.5) is 0 Å². The highest BCUT2D eigenvalue weighted by Gasteiger charge is 2.11. The highest BCUT2D eigenvalue weighted by molar-refractivity contribution is 5.24. The molecule has 0 saturated carbocycles. The van der Waals surface area contributed by atoms with Crippen molar-refractivity contribution in [2.75, 3.05) is 0 Å². The minimum absolute atomic E-state index is 0.217. The first-order valence-corrected chi connectivity index (χ1v) is 4.52. The lowest BCUT2D eigenvalue weighted by atomic mass is 10.2. The standard InChI is InChI=1S/C11H14N2O/c1-11(2,3)14-10-5-7-13-9(8-10)4-6-12/h5,7-8H,4H2,1-3H3. The Morgan fingerprint density at radius 2 is 2.21 bits per heavy atom. The number of hydrogen-bond donors (Lipinski definition) is 0. The third-order valence-corrected chi connectivity index (χ3v) is 1.47. The van der Waals surface area contributed by atoms with Gasteiger partial charge in [-0.1, -0.05) is 0 Å². The van der Waals surface area contributed by atoms with Crippen molar-refractivity contribution in [1.29, 1.82) is 5.26 Å². The molecule has 0 saturated heterocycles. The Balaban J connectivity index is 2.79. The van der Waals surface area contributed by atoms with E-state index in [4.69, 9.17) is 10.00 Å². The normalized spacial score (nSPS) is 10.7. The van der Waals surface area contributed by atoms with Crippen molar-refractivity contribution in [3.63, 3.8) is 0 Å². The molecule has 0 spiro atoms. The van der Waals surface area contributed by atoms with Gasteiger partial charge in [-0.2, -0.15) is 5.26 Å². The first-order valence-electron chi connectivity index (χ1n) is 4.52. The molecule has 1 aromatic rings. The highest BCUT2D eigenvalue weighted by Crippen LogP contribution is 2.17. The smallest absolute Gasteiger partial charge is 0.123 e. The van der Waals surface area contributed by atoms with Gasteiger partial charge in [-0.25, -0.2) is 0 Å². The number of aromatic nitrogens is 1. The first-order chi connectivity index (χ1) is 6.51. The molecule has 0 atom stereocenters. The molecule has 1 heterocycles. The van der Waals surface area contributed by atoms with E-state index in [1.807, 2.05) is 20.8 Å². The zero-order valence-electron chi connectivity index (χ0n) is 8.74. The maximum absolute atomic E-state index is 8.51. The van der Waals surface area contributed by atoms with Crippen molar-refractivity contribution in [1.82, 2.24) is 4.98 Å². The van der Waals surface area contributed by atoms with Gasteiger partial charge in [0.2, 0.25) is 0 Å². The molecule has 0 bridgehead atoms. The van der Waals surface area contributed by atoms with Crippen LogP contribution in [0.15, 0.2) is 18.3 Å². The molecule has 0 aromatic carbocycles. The van der Waals surface area contributed by atoms with Gasteiger partial charge in [-0.05, 0) is 26.8 Å². The molecule has 1 aromatic heterocycles. The quantitative estimate of drug-likeness (QED) is 0.719. The number of nitrogens with zero attached hydrogens (tertiary/aromatic N) is 2. The largest absolute Gasteiger partial charge is 0.488 e. The predicted molar refractivity (Wildman–Crippen MR) is 53.9 cm³/mol. The summed E-state index contributed by atoms with van der Waals surface area (Å²) in [6, 6.07) is 5.65. The molecular weight excluding hydrogens is 176 g/mol. The zero-order chi connectivity index (χ0) is 10.6. The van der Waals surface area contributed by atoms with Crippen molar-refractivity contribution < 1.29 is 4.74 Å². The van der Waals surface area contributed by atoms with Gasteiger partial charge in [0.15, 0.2) is 0 Å². The van der Waals surface area contributed by atoms with E-state index in [0.717, 1.165) is 11.4 Å². The Labute approximate surface area is 84.3 Å². The lowest BCUT2D eigenvalue weighted by molar-refractivity contribution is 0.130. The molecule has 3 heteroatoms. The van der Waals surface area contributed by atoms with Crippen LogP contribution in [-0.4, -0.2) is 10.6 Å². The fourth-order valence-corrected chi connectivity index (χ4v) is 1.05. The molecule has 14 heavy (non-hydrogen) atoms. The summed E-state index contributed by atoms with van der Waals surface area (Å²) in [5.41, 5.74) is 0.528. The van der Waals surface area contributed by atoms with Gasteiger partial charge in [0.1, 0.15) is 11.4 Å². The summed E-state index contributed by atoms with van der Waals surface area (Å²) in [5, 5.41) is 8.51. The van der Waals surface area contributed by atoms with Gasteiger partial charge in [0.05, 0.1) is 18.2 Å². The third-order valence-electron chi connectivity index (χ3n) is 1.47. The molecule has 0 aliphatic carbocycles. The predicted octanol–water partition coefficient (Wildman–Crippen LogP) is 2.32. The molecule has 0 aliphatic rings. The molecule has 3 nitrogen and oxygen atoms in total. The van der Waals surface area contributed by atoms with Crippen molar-refractivity contribution in [2.24, 2.45) is 0 Å². The Morgan fingerprint density at radius 3 is 2.79 bits per heavy atom. The van der Waals surface area contributed by atoms with Gasteiger partial charge >= 0.3 is 0 Å². The second kappa shape index (κ2) is 4.10. The van der Waals surface area contributed by atoms with Crippen molar-refractivity contribution in [3.8, 4) is 11.8 Å². The molecular formula is C11H14N2O. The van der Waals surface area contributed by atoms with Crippen LogP contribution in [0.2, 0.25) is 0 Å². The van der Waals surface area contributed by atoms with Crippen LogP contribution in [0.1, 0.15) is 26.5 Å². The van der Waals surface area contributed by atoms with E-state index in [9.17, 15) is 0 Å². The summed E-state index contributed by atoms with van der Waals surface area (Å²) in [5.74, 6) is 0.762. The molecule has 0 radical (unpaired) electrons. The Bertz CT molecular complexity index is 347. The van der Waals surface area contributed by atoms with E-state index < -0.39 is 0 Å². The lowest BCUT2D eigenvalue weighted by Gasteiger charge is -2.21. The Hall–Kier alpha value is -1.56. The minimum Gasteiger partial charge on any atom is -0.488 e. The monoisotopic (exact) mass is 190 g/mol. The average molecular weight is 190 g/mol. The lowest BCUT2D eigenvalue weighted by Crippen LogP contribution is -2.23. The third kappa shape index (κ3) is 3.44. The fourth-order valence-electron chi connectivity index (χ4n) is 1.05. The molecule has 1 rings (SSSR count). The minimum atomic E-state index is -0.217. The van der Waals surface area contributed by atoms with Crippen LogP contribution in [0, 0.1) is 11.3 Å². The van der Waals surface area contributed by atoms with Gasteiger partial charge in [-0.15, -0.1) is 0 Å². The van der Waals surface area contributed by atoms with Crippen LogP contribution in [0.5, 0.6) is 5.75 Å². The van der Waals surface area contributed by atoms with E-state index in [1.165, 1.54) is 0 Å². The van der Waals surface area contributed by atoms with Crippen molar-refractivity contribution in [3.05, 3.63) is 24.0 Å². The Kier molecular flexibility index (Phi) is 3.08. The zero-order valence-corrected chi connectivity index (χ0v) is 8.74. The summed E-state index contributed by atoms with van der Waals surface area (Å²) in [6.07, 6.45) is 1.98. The van der Waals surface area contributed by atoms with Gasteiger partial charge in [0.25, 0.3) is 0 Å². The summed E-state index contributed by atoms with van der Waals surface area (Å²) in [6.45, 7) is 5.95. The number of pyridine rings is 1. The maximum atomic E-state index is 8.51. The topological polar surface area (TPSA) is 45.9 Å².